The molecule has 0 amide bonds. The van der Waals surface area contributed by atoms with Crippen LogP contribution in [-0.2, 0) is 4.79 Å². The van der Waals surface area contributed by atoms with Crippen molar-refractivity contribution in [1.29, 1.82) is 0 Å². The SMILES string of the molecule is CC=Cc1ccc(OC(C)C(=O)CC)c(OC)c1. The fourth-order valence-corrected chi connectivity index (χ4v) is 1.62. The van der Waals surface area contributed by atoms with Gasteiger partial charge in [-0.3, -0.25) is 4.79 Å². The quantitative estimate of drug-likeness (QED) is 0.773. The van der Waals surface area contributed by atoms with E-state index in [0.29, 0.717) is 17.9 Å². The number of ketones is 1. The van der Waals surface area contributed by atoms with Gasteiger partial charge in [0, 0.05) is 6.42 Å². The highest BCUT2D eigenvalue weighted by atomic mass is 16.5. The second-order valence-electron chi connectivity index (χ2n) is 3.99. The number of hydrogen-bond donors (Lipinski definition) is 0. The van der Waals surface area contributed by atoms with Crippen LogP contribution in [0.15, 0.2) is 24.3 Å². The molecule has 0 aliphatic carbocycles. The van der Waals surface area contributed by atoms with Crippen LogP contribution in [0.4, 0.5) is 0 Å². The Bertz CT molecular complexity index is 435. The number of benzene rings is 1. The van der Waals surface area contributed by atoms with Gasteiger partial charge in [-0.05, 0) is 31.5 Å². The molecule has 0 saturated heterocycles. The van der Waals surface area contributed by atoms with Gasteiger partial charge in [0.05, 0.1) is 7.11 Å². The number of Topliss-reactive ketones (excluding diaryl/α,β-unsaturated/α-hetero) is 1. The molecule has 0 aliphatic heterocycles. The maximum atomic E-state index is 11.5. The van der Waals surface area contributed by atoms with Crippen LogP contribution in [0.3, 0.4) is 0 Å². The molecule has 0 saturated carbocycles. The first-order valence-electron chi connectivity index (χ1n) is 6.12. The molecule has 1 unspecified atom stereocenters. The van der Waals surface area contributed by atoms with Crippen molar-refractivity contribution in [3.63, 3.8) is 0 Å². The van der Waals surface area contributed by atoms with Crippen molar-refractivity contribution >= 4 is 11.9 Å². The highest BCUT2D eigenvalue weighted by Gasteiger charge is 2.14. The minimum atomic E-state index is -0.448. The van der Waals surface area contributed by atoms with Crippen LogP contribution >= 0.6 is 0 Å². The number of rotatable bonds is 6. The first-order chi connectivity index (χ1) is 8.62. The molecule has 0 N–H and O–H groups in total. The molecule has 0 spiro atoms. The predicted octanol–water partition coefficient (Wildman–Crippen LogP) is 3.47. The summed E-state index contributed by atoms with van der Waals surface area (Å²) in [5.74, 6) is 1.32. The van der Waals surface area contributed by atoms with Gasteiger partial charge in [0.2, 0.25) is 0 Å². The van der Waals surface area contributed by atoms with E-state index in [1.165, 1.54) is 0 Å². The Kier molecular flexibility index (Phi) is 5.43. The fraction of sp³-hybridized carbons (Fsp3) is 0.400. The van der Waals surface area contributed by atoms with E-state index in [2.05, 4.69) is 0 Å². The molecule has 98 valence electrons. The van der Waals surface area contributed by atoms with E-state index >= 15 is 0 Å². The third-order valence-corrected chi connectivity index (χ3v) is 2.65. The van der Waals surface area contributed by atoms with Gasteiger partial charge in [0.15, 0.2) is 23.4 Å². The third kappa shape index (κ3) is 3.62. The van der Waals surface area contributed by atoms with Crippen molar-refractivity contribution in [2.45, 2.75) is 33.3 Å². The molecule has 0 radical (unpaired) electrons. The van der Waals surface area contributed by atoms with Gasteiger partial charge < -0.3 is 9.47 Å². The van der Waals surface area contributed by atoms with Crippen LogP contribution in [0, 0.1) is 0 Å². The molecule has 1 rings (SSSR count). The van der Waals surface area contributed by atoms with Crippen LogP contribution in [-0.4, -0.2) is 19.0 Å². The Morgan fingerprint density at radius 2 is 2.11 bits per heavy atom. The summed E-state index contributed by atoms with van der Waals surface area (Å²) in [7, 11) is 1.59. The first-order valence-corrected chi connectivity index (χ1v) is 6.12. The van der Waals surface area contributed by atoms with Crippen LogP contribution in [0.1, 0.15) is 32.8 Å². The smallest absolute Gasteiger partial charge is 0.172 e. The second-order valence-corrected chi connectivity index (χ2v) is 3.99. The molecule has 0 bridgehead atoms. The van der Waals surface area contributed by atoms with E-state index in [-0.39, 0.29) is 5.78 Å². The summed E-state index contributed by atoms with van der Waals surface area (Å²) in [6.07, 6.45) is 3.96. The maximum Gasteiger partial charge on any atom is 0.172 e. The number of hydrogen-bond acceptors (Lipinski definition) is 3. The lowest BCUT2D eigenvalue weighted by Crippen LogP contribution is -2.23. The largest absolute Gasteiger partial charge is 0.493 e. The van der Waals surface area contributed by atoms with Gasteiger partial charge in [-0.1, -0.05) is 25.1 Å². The topological polar surface area (TPSA) is 35.5 Å². The van der Waals surface area contributed by atoms with E-state index in [0.717, 1.165) is 5.56 Å². The standard InChI is InChI=1S/C15H20O3/c1-5-7-12-8-9-14(15(10-12)17-4)18-11(3)13(16)6-2/h5,7-11H,6H2,1-4H3. The summed E-state index contributed by atoms with van der Waals surface area (Å²) < 4.78 is 10.9. The van der Waals surface area contributed by atoms with Crippen molar-refractivity contribution in [3.05, 3.63) is 29.8 Å². The van der Waals surface area contributed by atoms with Gasteiger partial charge in [0.1, 0.15) is 0 Å². The molecule has 3 heteroatoms. The predicted molar refractivity (Wildman–Crippen MR) is 73.1 cm³/mol. The van der Waals surface area contributed by atoms with Gasteiger partial charge in [-0.25, -0.2) is 0 Å². The first kappa shape index (κ1) is 14.3. The van der Waals surface area contributed by atoms with E-state index in [9.17, 15) is 4.79 Å². The van der Waals surface area contributed by atoms with Crippen molar-refractivity contribution < 1.29 is 14.3 Å². The molecule has 1 aromatic carbocycles. The normalized spacial score (nSPS) is 12.4. The number of carbonyl (C=O) groups excluding carboxylic acids is 1. The molecular weight excluding hydrogens is 228 g/mol. The minimum absolute atomic E-state index is 0.0783. The van der Waals surface area contributed by atoms with Gasteiger partial charge in [-0.15, -0.1) is 0 Å². The summed E-state index contributed by atoms with van der Waals surface area (Å²) in [5, 5.41) is 0. The zero-order valence-electron chi connectivity index (χ0n) is 11.4. The van der Waals surface area contributed by atoms with Gasteiger partial charge in [0.25, 0.3) is 0 Å². The molecule has 1 aromatic rings. The average Bonchev–Trinajstić information content (AvgIpc) is 2.39. The van der Waals surface area contributed by atoms with Crippen LogP contribution in [0.2, 0.25) is 0 Å². The Hall–Kier alpha value is -1.77. The summed E-state index contributed by atoms with van der Waals surface area (Å²) in [4.78, 5) is 11.5. The lowest BCUT2D eigenvalue weighted by atomic mass is 10.1. The van der Waals surface area contributed by atoms with E-state index in [1.807, 2.05) is 44.2 Å². The molecule has 0 aliphatic rings. The molecule has 3 nitrogen and oxygen atoms in total. The monoisotopic (exact) mass is 248 g/mol. The van der Waals surface area contributed by atoms with Crippen molar-refractivity contribution in [2.75, 3.05) is 7.11 Å². The molecular formula is C15H20O3. The lowest BCUT2D eigenvalue weighted by molar-refractivity contribution is -0.124. The zero-order valence-corrected chi connectivity index (χ0v) is 11.4. The molecule has 0 aromatic heterocycles. The summed E-state index contributed by atoms with van der Waals surface area (Å²) in [6.45, 7) is 5.54. The molecule has 0 heterocycles. The third-order valence-electron chi connectivity index (χ3n) is 2.65. The van der Waals surface area contributed by atoms with E-state index in [1.54, 1.807) is 14.0 Å². The Balaban J connectivity index is 2.92. The lowest BCUT2D eigenvalue weighted by Gasteiger charge is -2.15. The van der Waals surface area contributed by atoms with Crippen LogP contribution < -0.4 is 9.47 Å². The van der Waals surface area contributed by atoms with Crippen LogP contribution in [0.25, 0.3) is 6.08 Å². The maximum absolute atomic E-state index is 11.5. The number of carbonyl (C=O) groups is 1. The van der Waals surface area contributed by atoms with Crippen molar-refractivity contribution in [2.24, 2.45) is 0 Å². The Labute approximate surface area is 108 Å². The molecule has 0 fully saturated rings. The van der Waals surface area contributed by atoms with Crippen molar-refractivity contribution in [1.82, 2.24) is 0 Å². The highest BCUT2D eigenvalue weighted by Crippen LogP contribution is 2.29. The summed E-state index contributed by atoms with van der Waals surface area (Å²) in [6, 6.07) is 5.65. The number of ether oxygens (including phenoxy) is 2. The minimum Gasteiger partial charge on any atom is -0.493 e. The van der Waals surface area contributed by atoms with Crippen molar-refractivity contribution in [3.8, 4) is 11.5 Å². The Morgan fingerprint density at radius 1 is 1.39 bits per heavy atom. The van der Waals surface area contributed by atoms with Crippen LogP contribution in [0.5, 0.6) is 11.5 Å². The van der Waals surface area contributed by atoms with Gasteiger partial charge >= 0.3 is 0 Å². The molecule has 18 heavy (non-hydrogen) atoms. The number of methoxy groups -OCH3 is 1. The van der Waals surface area contributed by atoms with Gasteiger partial charge in [-0.2, -0.15) is 0 Å². The zero-order chi connectivity index (χ0) is 13.5. The average molecular weight is 248 g/mol. The van der Waals surface area contributed by atoms with E-state index < -0.39 is 6.10 Å². The Morgan fingerprint density at radius 3 is 2.67 bits per heavy atom. The number of allylic oxidation sites excluding steroid dienone is 1. The fourth-order valence-electron chi connectivity index (χ4n) is 1.62. The summed E-state index contributed by atoms with van der Waals surface area (Å²) >= 11 is 0. The summed E-state index contributed by atoms with van der Waals surface area (Å²) in [5.41, 5.74) is 1.04. The molecule has 1 atom stereocenters. The van der Waals surface area contributed by atoms with E-state index in [4.69, 9.17) is 9.47 Å². The second kappa shape index (κ2) is 6.84. The highest BCUT2D eigenvalue weighted by molar-refractivity contribution is 5.82.